The first-order valence-corrected chi connectivity index (χ1v) is 12.7. The molecule has 166 valence electrons. The summed E-state index contributed by atoms with van der Waals surface area (Å²) >= 11 is 0.0776. The molecule has 0 amide bonds. The van der Waals surface area contributed by atoms with Crippen molar-refractivity contribution in [2.24, 2.45) is 0 Å². The van der Waals surface area contributed by atoms with Crippen LogP contribution in [0.5, 0.6) is 5.75 Å². The molecule has 0 aliphatic carbocycles. The van der Waals surface area contributed by atoms with E-state index >= 15 is 0 Å². The summed E-state index contributed by atoms with van der Waals surface area (Å²) in [6, 6.07) is 10.0. The Morgan fingerprint density at radius 1 is 1.10 bits per heavy atom. The first-order chi connectivity index (χ1) is 15.2. The van der Waals surface area contributed by atoms with Gasteiger partial charge in [0.25, 0.3) is 0 Å². The predicted octanol–water partition coefficient (Wildman–Crippen LogP) is 0.713. The Morgan fingerprint density at radius 2 is 1.94 bits per heavy atom. The number of anilines is 1. The molecule has 2 heterocycles. The van der Waals surface area contributed by atoms with Gasteiger partial charge in [0, 0.05) is 0 Å². The molecule has 1 aromatic heterocycles. The van der Waals surface area contributed by atoms with E-state index in [-0.39, 0.29) is 21.6 Å². The van der Waals surface area contributed by atoms with Crippen molar-refractivity contribution in [2.75, 3.05) is 51.2 Å². The predicted molar refractivity (Wildman–Crippen MR) is 128 cm³/mol. The second-order valence-corrected chi connectivity index (χ2v) is 9.83. The number of aliphatic hydroxyl groups is 1. The molecule has 0 fully saturated rings. The molecule has 0 spiro atoms. The van der Waals surface area contributed by atoms with Gasteiger partial charge in [-0.1, -0.05) is 0 Å². The molecule has 3 aromatic rings. The summed E-state index contributed by atoms with van der Waals surface area (Å²) in [5.74, 6) is 0.305. The van der Waals surface area contributed by atoms with Crippen LogP contribution in [0.25, 0.3) is 22.2 Å². The monoisotopic (exact) mass is 489 g/mol. The van der Waals surface area contributed by atoms with Gasteiger partial charge in [0.15, 0.2) is 0 Å². The van der Waals surface area contributed by atoms with Crippen LogP contribution in [0.1, 0.15) is 13.8 Å². The van der Waals surface area contributed by atoms with Crippen LogP contribution < -0.4 is 19.6 Å². The number of nitrogens with zero attached hydrogens (tertiary/aromatic N) is 3. The zero-order chi connectivity index (χ0) is 21.8. The summed E-state index contributed by atoms with van der Waals surface area (Å²) in [4.78, 5) is 2.42. The van der Waals surface area contributed by atoms with Gasteiger partial charge in [-0.25, -0.2) is 0 Å². The molecule has 0 unspecified atom stereocenters. The van der Waals surface area contributed by atoms with Gasteiger partial charge in [0.05, 0.1) is 0 Å². The molecule has 0 saturated carbocycles. The third-order valence-corrected chi connectivity index (χ3v) is 8.22. The van der Waals surface area contributed by atoms with Crippen LogP contribution in [0.4, 0.5) is 5.69 Å². The quantitative estimate of drug-likeness (QED) is 0.184. The molecule has 0 atom stereocenters. The second-order valence-electron chi connectivity index (χ2n) is 7.62. The number of fused-ring (bicyclic) bond motifs is 2. The van der Waals surface area contributed by atoms with E-state index < -0.39 is 0 Å². The summed E-state index contributed by atoms with van der Waals surface area (Å²) in [6.45, 7) is 10.6. The molecule has 0 bridgehead atoms. The van der Waals surface area contributed by atoms with Crippen LogP contribution in [0.2, 0.25) is 0 Å². The zero-order valence-electron chi connectivity index (χ0n) is 18.2. The summed E-state index contributed by atoms with van der Waals surface area (Å²) in [6.07, 6.45) is 0. The Hall–Kier alpha value is -2.09. The molecule has 8 heteroatoms. The van der Waals surface area contributed by atoms with Crippen molar-refractivity contribution in [1.29, 1.82) is 0 Å². The maximum atomic E-state index is 10.1. The molecular weight excluding hydrogens is 457 g/mol. The molecule has 4 rings (SSSR count). The number of rotatable bonds is 11. The summed E-state index contributed by atoms with van der Waals surface area (Å²) < 4.78 is 4.62. The van der Waals surface area contributed by atoms with Gasteiger partial charge < -0.3 is 0 Å². The Kier molecular flexibility index (Phi) is 7.15. The molecule has 31 heavy (non-hydrogen) atoms. The van der Waals surface area contributed by atoms with Crippen molar-refractivity contribution in [2.45, 2.75) is 20.4 Å². The fraction of sp³-hybridized carbons (Fsp3) is 0.435. The van der Waals surface area contributed by atoms with Crippen molar-refractivity contribution < 1.29 is 10.2 Å². The van der Waals surface area contributed by atoms with E-state index in [9.17, 15) is 5.11 Å². The molecule has 1 aliphatic rings. The van der Waals surface area contributed by atoms with Crippen LogP contribution in [-0.4, -0.2) is 85.7 Å². The number of nitrogens with one attached hydrogen (secondary N) is 2. The Balaban J connectivity index is 1.70. The Labute approximate surface area is 189 Å². The van der Waals surface area contributed by atoms with Gasteiger partial charge in [-0.3, -0.25) is 0 Å². The first-order valence-electron chi connectivity index (χ1n) is 11.0. The third kappa shape index (κ3) is 4.59. The number of likely N-dealkylation sites (N-methyl/N-ethyl adjacent to an activating group) is 1. The molecule has 1 aliphatic heterocycles. The summed E-state index contributed by atoms with van der Waals surface area (Å²) in [5, 5.41) is 32.1. The molecule has 4 N–H and O–H groups in total. The number of aliphatic hydroxyl groups excluding tert-OH is 1. The fourth-order valence-electron chi connectivity index (χ4n) is 4.01. The maximum absolute atomic E-state index is 10.1. The molecule has 7 nitrogen and oxygen atoms in total. The van der Waals surface area contributed by atoms with Crippen LogP contribution in [0.15, 0.2) is 30.3 Å². The van der Waals surface area contributed by atoms with E-state index in [2.05, 4.69) is 46.2 Å². The minimum absolute atomic E-state index is 0.0776. The van der Waals surface area contributed by atoms with Gasteiger partial charge in [0.2, 0.25) is 0 Å². The van der Waals surface area contributed by atoms with Crippen LogP contribution in [-0.2, 0) is 6.54 Å². The standard InChI is InChI=1S/C23H31N5O2Se/c1-3-27(4-2)12-13-28-19-8-7-18(25-10-9-24-11-14-29)23-21(19)22(26-28)17-6-5-16(30)15-20(17)31-23/h5-8,15,24-25,29-30H,3-4,9-14H2,1-2H3. The zero-order valence-corrected chi connectivity index (χ0v) is 19.9. The molecule has 0 saturated heterocycles. The van der Waals surface area contributed by atoms with E-state index in [1.165, 1.54) is 19.8 Å². The summed E-state index contributed by atoms with van der Waals surface area (Å²) in [7, 11) is 0. The topological polar surface area (TPSA) is 85.6 Å². The van der Waals surface area contributed by atoms with E-state index in [1.54, 1.807) is 6.07 Å². The van der Waals surface area contributed by atoms with Gasteiger partial charge in [-0.15, -0.1) is 0 Å². The molecule has 2 aromatic carbocycles. The van der Waals surface area contributed by atoms with Gasteiger partial charge >= 0.3 is 190 Å². The molecule has 0 radical (unpaired) electrons. The number of phenols is 1. The van der Waals surface area contributed by atoms with E-state index in [0.717, 1.165) is 56.2 Å². The van der Waals surface area contributed by atoms with E-state index in [0.29, 0.717) is 12.3 Å². The number of phenolic OH excluding ortho intramolecular Hbond substituents is 1. The fourth-order valence-corrected chi connectivity index (χ4v) is 6.59. The van der Waals surface area contributed by atoms with Gasteiger partial charge in [0.1, 0.15) is 0 Å². The minimum atomic E-state index is 0.0776. The van der Waals surface area contributed by atoms with Crippen LogP contribution in [0, 0.1) is 0 Å². The normalized spacial score (nSPS) is 12.5. The van der Waals surface area contributed by atoms with Crippen LogP contribution in [0.3, 0.4) is 0 Å². The first kappa shape index (κ1) is 22.1. The SMILES string of the molecule is CCN(CC)CCn1nc2c3c(c(NCCNCCO)ccc31)[Se]c1cc(O)ccc1-2. The summed E-state index contributed by atoms with van der Waals surface area (Å²) in [5.41, 5.74) is 4.48. The number of hydrogen-bond donors (Lipinski definition) is 4. The van der Waals surface area contributed by atoms with Crippen molar-refractivity contribution in [3.63, 3.8) is 0 Å². The van der Waals surface area contributed by atoms with Crippen molar-refractivity contribution in [3.8, 4) is 17.0 Å². The van der Waals surface area contributed by atoms with Crippen LogP contribution >= 0.6 is 0 Å². The van der Waals surface area contributed by atoms with Gasteiger partial charge in [-0.2, -0.15) is 0 Å². The number of benzene rings is 2. The van der Waals surface area contributed by atoms with Gasteiger partial charge in [-0.05, 0) is 0 Å². The number of hydrogen-bond acceptors (Lipinski definition) is 6. The molecular formula is C23H31N5O2Se. The van der Waals surface area contributed by atoms with E-state index in [1.807, 2.05) is 12.1 Å². The van der Waals surface area contributed by atoms with Crippen molar-refractivity contribution in [1.82, 2.24) is 20.0 Å². The number of aromatic hydroxyl groups is 1. The van der Waals surface area contributed by atoms with E-state index in [4.69, 9.17) is 10.2 Å². The third-order valence-electron chi connectivity index (χ3n) is 5.73. The Bertz CT molecular complexity index is 1050. The average Bonchev–Trinajstić information content (AvgIpc) is 3.15. The van der Waals surface area contributed by atoms with Crippen molar-refractivity contribution >= 4 is 40.5 Å². The Morgan fingerprint density at radius 3 is 2.71 bits per heavy atom. The average molecular weight is 488 g/mol. The second kappa shape index (κ2) is 10.0. The van der Waals surface area contributed by atoms with Crippen molar-refractivity contribution in [3.05, 3.63) is 30.3 Å². The number of aromatic nitrogens is 2.